The minimum atomic E-state index is -0.873. The first-order valence-electron chi connectivity index (χ1n) is 8.05. The molecule has 1 fully saturated rings. The topological polar surface area (TPSA) is 53.4 Å². The van der Waals surface area contributed by atoms with Gasteiger partial charge in [0, 0.05) is 19.3 Å². The average Bonchev–Trinajstić information content (AvgIpc) is 2.48. The number of aromatic carboxylic acids is 1. The molecule has 0 bridgehead atoms. The van der Waals surface area contributed by atoms with Gasteiger partial charge in [-0.2, -0.15) is 0 Å². The number of nitrogens with zero attached hydrogens (tertiary/aromatic N) is 2. The van der Waals surface area contributed by atoms with E-state index in [1.807, 2.05) is 7.05 Å². The van der Waals surface area contributed by atoms with Crippen LogP contribution in [0.3, 0.4) is 0 Å². The Balaban J connectivity index is 2.13. The maximum atomic E-state index is 11.3. The van der Waals surface area contributed by atoms with Gasteiger partial charge in [0.15, 0.2) is 0 Å². The summed E-state index contributed by atoms with van der Waals surface area (Å²) < 4.78 is 0. The zero-order valence-electron chi connectivity index (χ0n) is 13.1. The van der Waals surface area contributed by atoms with Crippen molar-refractivity contribution >= 4 is 11.8 Å². The van der Waals surface area contributed by atoms with Crippen molar-refractivity contribution in [2.24, 2.45) is 5.92 Å². The highest BCUT2D eigenvalue weighted by Gasteiger charge is 2.17. The van der Waals surface area contributed by atoms with Crippen LogP contribution in [0, 0.1) is 5.92 Å². The van der Waals surface area contributed by atoms with Crippen LogP contribution in [0.15, 0.2) is 12.1 Å². The zero-order valence-corrected chi connectivity index (χ0v) is 13.1. The molecule has 2 rings (SSSR count). The van der Waals surface area contributed by atoms with Crippen LogP contribution < -0.4 is 4.90 Å². The van der Waals surface area contributed by atoms with Gasteiger partial charge in [-0.3, -0.25) is 0 Å². The predicted octanol–water partition coefficient (Wildman–Crippen LogP) is 3.75. The van der Waals surface area contributed by atoms with E-state index in [0.29, 0.717) is 11.5 Å². The largest absolute Gasteiger partial charge is 0.478 e. The molecular formula is C17H26N2O2. The number of hydrogen-bond donors (Lipinski definition) is 1. The van der Waals surface area contributed by atoms with Crippen LogP contribution in [0.2, 0.25) is 0 Å². The second kappa shape index (κ2) is 7.43. The summed E-state index contributed by atoms with van der Waals surface area (Å²) in [7, 11) is 2.03. The summed E-state index contributed by atoms with van der Waals surface area (Å²) in [5, 5.41) is 9.26. The van der Waals surface area contributed by atoms with Crippen LogP contribution in [-0.2, 0) is 6.42 Å². The Bertz CT molecular complexity index is 482. The molecule has 1 aromatic rings. The lowest BCUT2D eigenvalue weighted by atomic mass is 9.89. The molecule has 21 heavy (non-hydrogen) atoms. The molecule has 1 saturated carbocycles. The summed E-state index contributed by atoms with van der Waals surface area (Å²) in [5.74, 6) is 0.639. The Morgan fingerprint density at radius 2 is 2.05 bits per heavy atom. The lowest BCUT2D eigenvalue weighted by Gasteiger charge is -2.28. The number of aryl methyl sites for hydroxylation is 1. The van der Waals surface area contributed by atoms with Crippen molar-refractivity contribution in [3.8, 4) is 0 Å². The first-order valence-corrected chi connectivity index (χ1v) is 8.05. The highest BCUT2D eigenvalue weighted by Crippen LogP contribution is 2.26. The van der Waals surface area contributed by atoms with E-state index in [1.54, 1.807) is 12.1 Å². The minimum Gasteiger partial charge on any atom is -0.478 e. The van der Waals surface area contributed by atoms with Gasteiger partial charge in [-0.1, -0.05) is 32.6 Å². The normalized spacial score (nSPS) is 15.9. The van der Waals surface area contributed by atoms with Gasteiger partial charge in [-0.15, -0.1) is 0 Å². The van der Waals surface area contributed by atoms with Gasteiger partial charge in [-0.05, 0) is 37.3 Å². The Morgan fingerprint density at radius 1 is 1.33 bits per heavy atom. The van der Waals surface area contributed by atoms with Crippen LogP contribution in [0.1, 0.15) is 61.5 Å². The standard InChI is InChI=1S/C17H26N2O2/c1-3-7-15-10-14(17(20)21)11-16(18-15)19(2)12-13-8-5-4-6-9-13/h10-11,13H,3-9,12H2,1-2H3,(H,20,21). The summed E-state index contributed by atoms with van der Waals surface area (Å²) in [6, 6.07) is 3.40. The fourth-order valence-electron chi connectivity index (χ4n) is 3.13. The molecule has 0 aromatic carbocycles. The van der Waals surface area contributed by atoms with Crippen molar-refractivity contribution in [2.75, 3.05) is 18.5 Å². The van der Waals surface area contributed by atoms with Crippen LogP contribution in [-0.4, -0.2) is 29.7 Å². The van der Waals surface area contributed by atoms with E-state index >= 15 is 0 Å². The van der Waals surface area contributed by atoms with Gasteiger partial charge in [0.25, 0.3) is 0 Å². The zero-order chi connectivity index (χ0) is 15.2. The van der Waals surface area contributed by atoms with Gasteiger partial charge in [0.1, 0.15) is 5.82 Å². The second-order valence-corrected chi connectivity index (χ2v) is 6.15. The molecule has 0 unspecified atom stereocenters. The number of pyridine rings is 1. The molecule has 0 amide bonds. The maximum Gasteiger partial charge on any atom is 0.335 e. The molecule has 1 aliphatic carbocycles. The SMILES string of the molecule is CCCc1cc(C(=O)O)cc(N(C)CC2CCCCC2)n1. The van der Waals surface area contributed by atoms with Crippen molar-refractivity contribution in [3.05, 3.63) is 23.4 Å². The Labute approximate surface area is 127 Å². The molecule has 0 saturated heterocycles. The second-order valence-electron chi connectivity index (χ2n) is 6.15. The monoisotopic (exact) mass is 290 g/mol. The van der Waals surface area contributed by atoms with Crippen LogP contribution in [0.25, 0.3) is 0 Å². The number of hydrogen-bond acceptors (Lipinski definition) is 3. The minimum absolute atomic E-state index is 0.346. The van der Waals surface area contributed by atoms with E-state index in [-0.39, 0.29) is 0 Å². The van der Waals surface area contributed by atoms with Crippen molar-refractivity contribution in [1.29, 1.82) is 0 Å². The number of aromatic nitrogens is 1. The van der Waals surface area contributed by atoms with E-state index < -0.39 is 5.97 Å². The third-order valence-corrected chi connectivity index (χ3v) is 4.27. The Kier molecular flexibility index (Phi) is 5.59. The first kappa shape index (κ1) is 15.8. The van der Waals surface area contributed by atoms with Crippen LogP contribution in [0.4, 0.5) is 5.82 Å². The molecule has 4 nitrogen and oxygen atoms in total. The van der Waals surface area contributed by atoms with E-state index in [4.69, 9.17) is 0 Å². The number of carboxylic acid groups (broad SMARTS) is 1. The molecule has 0 aliphatic heterocycles. The Morgan fingerprint density at radius 3 is 2.67 bits per heavy atom. The summed E-state index contributed by atoms with van der Waals surface area (Å²) in [6.45, 7) is 3.06. The van der Waals surface area contributed by atoms with E-state index in [1.165, 1.54) is 32.1 Å². The number of rotatable bonds is 6. The lowest BCUT2D eigenvalue weighted by molar-refractivity contribution is 0.0696. The van der Waals surface area contributed by atoms with E-state index in [9.17, 15) is 9.90 Å². The Hall–Kier alpha value is -1.58. The molecule has 116 valence electrons. The van der Waals surface area contributed by atoms with Crippen molar-refractivity contribution in [3.63, 3.8) is 0 Å². The van der Waals surface area contributed by atoms with Gasteiger partial charge in [0.05, 0.1) is 5.56 Å². The van der Waals surface area contributed by atoms with E-state index in [0.717, 1.165) is 30.9 Å². The van der Waals surface area contributed by atoms with Gasteiger partial charge < -0.3 is 10.0 Å². The molecule has 1 aliphatic rings. The molecule has 0 radical (unpaired) electrons. The third kappa shape index (κ3) is 4.45. The highest BCUT2D eigenvalue weighted by atomic mass is 16.4. The van der Waals surface area contributed by atoms with E-state index in [2.05, 4.69) is 16.8 Å². The molecular weight excluding hydrogens is 264 g/mol. The third-order valence-electron chi connectivity index (χ3n) is 4.27. The summed E-state index contributed by atoms with van der Waals surface area (Å²) in [6.07, 6.45) is 8.36. The summed E-state index contributed by atoms with van der Waals surface area (Å²) in [4.78, 5) is 18.0. The highest BCUT2D eigenvalue weighted by molar-refractivity contribution is 5.88. The van der Waals surface area contributed by atoms with Gasteiger partial charge in [0.2, 0.25) is 0 Å². The van der Waals surface area contributed by atoms with Gasteiger partial charge in [-0.25, -0.2) is 9.78 Å². The fraction of sp³-hybridized carbons (Fsp3) is 0.647. The van der Waals surface area contributed by atoms with Crippen LogP contribution >= 0.6 is 0 Å². The fourth-order valence-corrected chi connectivity index (χ4v) is 3.13. The molecule has 0 atom stereocenters. The molecule has 1 N–H and O–H groups in total. The van der Waals surface area contributed by atoms with Crippen LogP contribution in [0.5, 0.6) is 0 Å². The summed E-state index contributed by atoms with van der Waals surface area (Å²) in [5.41, 5.74) is 1.22. The van der Waals surface area contributed by atoms with Crippen molar-refractivity contribution in [1.82, 2.24) is 4.98 Å². The molecule has 0 spiro atoms. The average molecular weight is 290 g/mol. The molecule has 1 aromatic heterocycles. The van der Waals surface area contributed by atoms with Crippen molar-refractivity contribution < 1.29 is 9.90 Å². The van der Waals surface area contributed by atoms with Crippen molar-refractivity contribution in [2.45, 2.75) is 51.9 Å². The predicted molar refractivity (Wildman–Crippen MR) is 85.0 cm³/mol. The maximum absolute atomic E-state index is 11.3. The van der Waals surface area contributed by atoms with Gasteiger partial charge >= 0.3 is 5.97 Å². The first-order chi connectivity index (χ1) is 10.1. The smallest absolute Gasteiger partial charge is 0.335 e. The number of anilines is 1. The lowest BCUT2D eigenvalue weighted by Crippen LogP contribution is -2.28. The quantitative estimate of drug-likeness (QED) is 0.867. The molecule has 1 heterocycles. The number of carboxylic acids is 1. The summed E-state index contributed by atoms with van der Waals surface area (Å²) >= 11 is 0. The molecule has 4 heteroatoms. The number of carbonyl (C=O) groups is 1.